The maximum atomic E-state index is 12.0. The van der Waals surface area contributed by atoms with Crippen molar-refractivity contribution in [1.29, 1.82) is 0 Å². The quantitative estimate of drug-likeness (QED) is 0.531. The van der Waals surface area contributed by atoms with Crippen LogP contribution in [0.25, 0.3) is 0 Å². The first-order valence-electron chi connectivity index (χ1n) is 2.84. The van der Waals surface area contributed by atoms with Crippen LogP contribution in [0.5, 0.6) is 0 Å². The minimum Gasteiger partial charge on any atom is -0.292 e. The summed E-state index contributed by atoms with van der Waals surface area (Å²) in [5.74, 6) is 0.465. The summed E-state index contributed by atoms with van der Waals surface area (Å²) < 4.78 is 12.0. The number of hydrogen-bond acceptors (Lipinski definition) is 2. The normalized spacial score (nSPS) is 51.4. The molecule has 2 rings (SSSR count). The summed E-state index contributed by atoms with van der Waals surface area (Å²) in [7, 11) is 0. The summed E-state index contributed by atoms with van der Waals surface area (Å²) in [6.07, 6.45) is 0.913. The SMILES string of the molecule is FCC12CC1CNO2. The molecule has 2 fully saturated rings. The van der Waals surface area contributed by atoms with Crippen LogP contribution in [0, 0.1) is 5.92 Å². The molecule has 2 atom stereocenters. The van der Waals surface area contributed by atoms with Crippen molar-refractivity contribution in [1.82, 2.24) is 5.48 Å². The Labute approximate surface area is 47.0 Å². The van der Waals surface area contributed by atoms with Gasteiger partial charge < -0.3 is 0 Å². The third-order valence-corrected chi connectivity index (χ3v) is 2.01. The standard InChI is InChI=1S/C5H8FNO/c6-3-5-1-4(5)2-7-8-5/h4,7H,1-3H2. The van der Waals surface area contributed by atoms with Crippen LogP contribution in [0.1, 0.15) is 6.42 Å². The fourth-order valence-electron chi connectivity index (χ4n) is 1.22. The highest BCUT2D eigenvalue weighted by atomic mass is 19.1. The average Bonchev–Trinajstić information content (AvgIpc) is 2.38. The van der Waals surface area contributed by atoms with E-state index < -0.39 is 0 Å². The first kappa shape index (κ1) is 4.70. The molecule has 2 aliphatic rings. The number of halogens is 1. The molecular weight excluding hydrogens is 109 g/mol. The molecule has 0 aromatic carbocycles. The molecule has 1 aliphatic carbocycles. The van der Waals surface area contributed by atoms with Crippen molar-refractivity contribution in [2.75, 3.05) is 13.2 Å². The molecule has 8 heavy (non-hydrogen) atoms. The second kappa shape index (κ2) is 1.22. The third-order valence-electron chi connectivity index (χ3n) is 2.01. The monoisotopic (exact) mass is 117 g/mol. The van der Waals surface area contributed by atoms with Gasteiger partial charge in [0.2, 0.25) is 0 Å². The fourth-order valence-corrected chi connectivity index (χ4v) is 1.22. The van der Waals surface area contributed by atoms with Gasteiger partial charge in [-0.05, 0) is 6.42 Å². The lowest BCUT2D eigenvalue weighted by molar-refractivity contribution is -0.0200. The van der Waals surface area contributed by atoms with Crippen LogP contribution < -0.4 is 5.48 Å². The van der Waals surface area contributed by atoms with Crippen molar-refractivity contribution < 1.29 is 9.23 Å². The number of hydroxylamine groups is 1. The van der Waals surface area contributed by atoms with Crippen LogP contribution in [0.15, 0.2) is 0 Å². The molecule has 0 aromatic rings. The van der Waals surface area contributed by atoms with E-state index >= 15 is 0 Å². The summed E-state index contributed by atoms with van der Waals surface area (Å²) >= 11 is 0. The van der Waals surface area contributed by atoms with Gasteiger partial charge in [-0.15, -0.1) is 0 Å². The summed E-state index contributed by atoms with van der Waals surface area (Å²) in [6.45, 7) is 0.509. The number of hydrogen-bond donors (Lipinski definition) is 1. The van der Waals surface area contributed by atoms with E-state index in [9.17, 15) is 4.39 Å². The Kier molecular flexibility index (Phi) is 0.718. The molecule has 3 heteroatoms. The first-order chi connectivity index (χ1) is 3.87. The molecule has 1 heterocycles. The molecule has 46 valence electrons. The minimum atomic E-state index is -0.375. The Hall–Kier alpha value is -0.150. The van der Waals surface area contributed by atoms with Crippen LogP contribution in [0.3, 0.4) is 0 Å². The van der Waals surface area contributed by atoms with Gasteiger partial charge in [-0.3, -0.25) is 4.84 Å². The second-order valence-electron chi connectivity index (χ2n) is 2.55. The molecule has 1 saturated heterocycles. The van der Waals surface area contributed by atoms with Crippen molar-refractivity contribution in [2.24, 2.45) is 5.92 Å². The topological polar surface area (TPSA) is 21.3 Å². The largest absolute Gasteiger partial charge is 0.292 e. The predicted octanol–water partition coefficient (Wildman–Crippen LogP) is 0.249. The Bertz CT molecular complexity index is 115. The zero-order chi connectivity index (χ0) is 5.61. The van der Waals surface area contributed by atoms with Crippen molar-refractivity contribution in [2.45, 2.75) is 12.0 Å². The van der Waals surface area contributed by atoms with Crippen LogP contribution in [0.2, 0.25) is 0 Å². The molecule has 1 aliphatic heterocycles. The lowest BCUT2D eigenvalue weighted by Crippen LogP contribution is -2.19. The number of alkyl halides is 1. The number of rotatable bonds is 1. The minimum absolute atomic E-state index is 0.329. The van der Waals surface area contributed by atoms with Crippen molar-refractivity contribution in [3.63, 3.8) is 0 Å². The van der Waals surface area contributed by atoms with Crippen LogP contribution in [-0.4, -0.2) is 18.8 Å². The van der Waals surface area contributed by atoms with Gasteiger partial charge in [0.15, 0.2) is 0 Å². The summed E-state index contributed by atoms with van der Waals surface area (Å²) in [5.41, 5.74) is 2.30. The van der Waals surface area contributed by atoms with Gasteiger partial charge in [0.25, 0.3) is 0 Å². The second-order valence-corrected chi connectivity index (χ2v) is 2.55. The van der Waals surface area contributed by atoms with Gasteiger partial charge in [0.05, 0.1) is 0 Å². The van der Waals surface area contributed by atoms with Gasteiger partial charge in [-0.25, -0.2) is 9.87 Å². The van der Waals surface area contributed by atoms with E-state index in [1.54, 1.807) is 0 Å². The van der Waals surface area contributed by atoms with Gasteiger partial charge >= 0.3 is 0 Å². The van der Waals surface area contributed by atoms with Gasteiger partial charge in [0, 0.05) is 12.5 Å². The molecule has 2 unspecified atom stereocenters. The van der Waals surface area contributed by atoms with E-state index in [-0.39, 0.29) is 12.3 Å². The van der Waals surface area contributed by atoms with Crippen molar-refractivity contribution >= 4 is 0 Å². The number of fused-ring (bicyclic) bond motifs is 1. The molecule has 0 aromatic heterocycles. The maximum Gasteiger partial charge on any atom is 0.122 e. The van der Waals surface area contributed by atoms with E-state index in [0.29, 0.717) is 5.92 Å². The summed E-state index contributed by atoms with van der Waals surface area (Å²) in [5, 5.41) is 0. The summed E-state index contributed by atoms with van der Waals surface area (Å²) in [4.78, 5) is 4.94. The van der Waals surface area contributed by atoms with E-state index in [1.165, 1.54) is 0 Å². The van der Waals surface area contributed by atoms with E-state index in [0.717, 1.165) is 13.0 Å². The average molecular weight is 117 g/mol. The van der Waals surface area contributed by atoms with E-state index in [4.69, 9.17) is 4.84 Å². The highest BCUT2D eigenvalue weighted by molar-refractivity contribution is 5.08. The molecule has 1 saturated carbocycles. The molecule has 1 N–H and O–H groups in total. The molecule has 0 spiro atoms. The third kappa shape index (κ3) is 0.387. The summed E-state index contributed by atoms with van der Waals surface area (Å²) in [6, 6.07) is 0. The first-order valence-corrected chi connectivity index (χ1v) is 2.84. The lowest BCUT2D eigenvalue weighted by atomic mass is 10.3. The highest BCUT2D eigenvalue weighted by Crippen LogP contribution is 2.49. The highest BCUT2D eigenvalue weighted by Gasteiger charge is 2.60. The Balaban J connectivity index is 2.08. The Morgan fingerprint density at radius 3 is 3.00 bits per heavy atom. The Morgan fingerprint density at radius 1 is 1.88 bits per heavy atom. The zero-order valence-electron chi connectivity index (χ0n) is 4.48. The molecular formula is C5H8FNO. The predicted molar refractivity (Wildman–Crippen MR) is 25.9 cm³/mol. The zero-order valence-corrected chi connectivity index (χ0v) is 4.48. The van der Waals surface area contributed by atoms with E-state index in [2.05, 4.69) is 5.48 Å². The molecule has 2 nitrogen and oxygen atoms in total. The van der Waals surface area contributed by atoms with Crippen molar-refractivity contribution in [3.05, 3.63) is 0 Å². The van der Waals surface area contributed by atoms with E-state index in [1.807, 2.05) is 0 Å². The molecule has 0 bridgehead atoms. The Morgan fingerprint density at radius 2 is 2.75 bits per heavy atom. The smallest absolute Gasteiger partial charge is 0.122 e. The van der Waals surface area contributed by atoms with Crippen LogP contribution in [-0.2, 0) is 4.84 Å². The van der Waals surface area contributed by atoms with Crippen LogP contribution >= 0.6 is 0 Å². The fraction of sp³-hybridized carbons (Fsp3) is 1.00. The van der Waals surface area contributed by atoms with Crippen molar-refractivity contribution in [3.8, 4) is 0 Å². The van der Waals surface area contributed by atoms with Gasteiger partial charge in [0.1, 0.15) is 12.3 Å². The maximum absolute atomic E-state index is 12.0. The van der Waals surface area contributed by atoms with Gasteiger partial charge in [-0.1, -0.05) is 0 Å². The van der Waals surface area contributed by atoms with Gasteiger partial charge in [-0.2, -0.15) is 0 Å². The van der Waals surface area contributed by atoms with Crippen LogP contribution in [0.4, 0.5) is 4.39 Å². The number of nitrogens with one attached hydrogen (secondary N) is 1. The molecule has 0 radical (unpaired) electrons. The molecule has 0 amide bonds. The lowest BCUT2D eigenvalue weighted by Gasteiger charge is -2.03.